The van der Waals surface area contributed by atoms with Gasteiger partial charge in [-0.2, -0.15) is 0 Å². The van der Waals surface area contributed by atoms with Crippen LogP contribution < -0.4 is 10.1 Å². The Kier molecular flexibility index (Phi) is 3.18. The minimum Gasteiger partial charge on any atom is -0.481 e. The number of carbonyl (C=O) groups excluding carboxylic acids is 1. The fraction of sp³-hybridized carbons (Fsp3) is 0.333. The van der Waals surface area contributed by atoms with E-state index in [1.165, 1.54) is 0 Å². The molecule has 0 bridgehead atoms. The third kappa shape index (κ3) is 2.39. The molecule has 0 aromatic heterocycles. The Morgan fingerprint density at radius 2 is 2.05 bits per heavy atom. The van der Waals surface area contributed by atoms with E-state index in [-0.39, 0.29) is 11.9 Å². The fourth-order valence-corrected chi connectivity index (χ4v) is 2.59. The van der Waals surface area contributed by atoms with Crippen LogP contribution in [0, 0.1) is 5.92 Å². The average molecular weight is 273 g/mol. The van der Waals surface area contributed by atoms with Crippen LogP contribution in [0.4, 0.5) is 0 Å². The zero-order valence-corrected chi connectivity index (χ0v) is 10.8. The standard InChI is InChI=1S/C15H15NO4/c17-14(16-11-6-5-10(7-11)15(18)19)13-8-9-3-1-2-4-12(9)20-13/h1-6,10-11,13H,7-8H2,(H,16,17)(H,18,19). The number of nitrogens with one attached hydrogen (secondary N) is 1. The summed E-state index contributed by atoms with van der Waals surface area (Å²) in [7, 11) is 0. The molecular weight excluding hydrogens is 258 g/mol. The molecule has 3 unspecified atom stereocenters. The molecule has 1 amide bonds. The number of carbonyl (C=O) groups is 2. The van der Waals surface area contributed by atoms with Gasteiger partial charge >= 0.3 is 5.97 Å². The molecule has 3 atom stereocenters. The number of ether oxygens (including phenoxy) is 1. The van der Waals surface area contributed by atoms with Crippen molar-refractivity contribution in [2.75, 3.05) is 0 Å². The van der Waals surface area contributed by atoms with Crippen LogP contribution in [-0.4, -0.2) is 29.1 Å². The maximum absolute atomic E-state index is 12.1. The molecule has 104 valence electrons. The third-order valence-corrected chi connectivity index (χ3v) is 3.67. The van der Waals surface area contributed by atoms with E-state index in [4.69, 9.17) is 9.84 Å². The molecule has 0 spiro atoms. The van der Waals surface area contributed by atoms with Crippen molar-refractivity contribution < 1.29 is 19.4 Å². The number of benzene rings is 1. The summed E-state index contributed by atoms with van der Waals surface area (Å²) in [6.07, 6.45) is 3.79. The highest BCUT2D eigenvalue weighted by Crippen LogP contribution is 2.28. The summed E-state index contributed by atoms with van der Waals surface area (Å²) in [6.45, 7) is 0. The van der Waals surface area contributed by atoms with Gasteiger partial charge in [0.05, 0.1) is 5.92 Å². The Hall–Kier alpha value is -2.30. The summed E-state index contributed by atoms with van der Waals surface area (Å²) in [5.74, 6) is -0.815. The summed E-state index contributed by atoms with van der Waals surface area (Å²) in [5.41, 5.74) is 1.03. The van der Waals surface area contributed by atoms with Crippen molar-refractivity contribution in [1.29, 1.82) is 0 Å². The largest absolute Gasteiger partial charge is 0.481 e. The van der Waals surface area contributed by atoms with Crippen LogP contribution in [0.3, 0.4) is 0 Å². The van der Waals surface area contributed by atoms with E-state index < -0.39 is 18.0 Å². The molecule has 1 aromatic rings. The van der Waals surface area contributed by atoms with Crippen molar-refractivity contribution in [2.45, 2.75) is 25.0 Å². The summed E-state index contributed by atoms with van der Waals surface area (Å²) in [5, 5.41) is 11.7. The van der Waals surface area contributed by atoms with Gasteiger partial charge in [-0.25, -0.2) is 0 Å². The molecule has 2 aliphatic rings. The number of hydrogen-bond donors (Lipinski definition) is 2. The zero-order valence-electron chi connectivity index (χ0n) is 10.8. The molecular formula is C15H15NO4. The van der Waals surface area contributed by atoms with E-state index in [0.29, 0.717) is 12.8 Å². The Morgan fingerprint density at radius 1 is 1.25 bits per heavy atom. The van der Waals surface area contributed by atoms with E-state index in [9.17, 15) is 9.59 Å². The molecule has 0 fully saturated rings. The second-order valence-corrected chi connectivity index (χ2v) is 5.10. The van der Waals surface area contributed by atoms with Gasteiger partial charge in [0, 0.05) is 12.5 Å². The van der Waals surface area contributed by atoms with Gasteiger partial charge < -0.3 is 15.2 Å². The molecule has 3 rings (SSSR count). The number of rotatable bonds is 3. The first-order valence-electron chi connectivity index (χ1n) is 6.59. The summed E-state index contributed by atoms with van der Waals surface area (Å²) in [4.78, 5) is 23.0. The van der Waals surface area contributed by atoms with Crippen LogP contribution in [0.1, 0.15) is 12.0 Å². The maximum Gasteiger partial charge on any atom is 0.310 e. The molecule has 1 heterocycles. The average Bonchev–Trinajstić information content (AvgIpc) is 3.04. The van der Waals surface area contributed by atoms with Crippen LogP contribution in [0.5, 0.6) is 5.75 Å². The van der Waals surface area contributed by atoms with Crippen LogP contribution in [-0.2, 0) is 16.0 Å². The molecule has 0 saturated heterocycles. The quantitative estimate of drug-likeness (QED) is 0.810. The van der Waals surface area contributed by atoms with Gasteiger partial charge in [-0.3, -0.25) is 9.59 Å². The molecule has 20 heavy (non-hydrogen) atoms. The Morgan fingerprint density at radius 3 is 2.75 bits per heavy atom. The number of para-hydroxylation sites is 1. The first-order chi connectivity index (χ1) is 9.63. The lowest BCUT2D eigenvalue weighted by molar-refractivity contribution is -0.140. The minimum atomic E-state index is -0.859. The van der Waals surface area contributed by atoms with Crippen molar-refractivity contribution in [3.05, 3.63) is 42.0 Å². The van der Waals surface area contributed by atoms with Crippen LogP contribution in [0.25, 0.3) is 0 Å². The topological polar surface area (TPSA) is 75.6 Å². The monoisotopic (exact) mass is 273 g/mol. The molecule has 5 nitrogen and oxygen atoms in total. The van der Waals surface area contributed by atoms with Gasteiger partial charge in [0.2, 0.25) is 0 Å². The smallest absolute Gasteiger partial charge is 0.310 e. The van der Waals surface area contributed by atoms with Crippen LogP contribution in [0.15, 0.2) is 36.4 Å². The summed E-state index contributed by atoms with van der Waals surface area (Å²) >= 11 is 0. The minimum absolute atomic E-state index is 0.193. The zero-order chi connectivity index (χ0) is 14.1. The highest BCUT2D eigenvalue weighted by Gasteiger charge is 2.32. The molecule has 1 aromatic carbocycles. The highest BCUT2D eigenvalue weighted by molar-refractivity contribution is 5.83. The van der Waals surface area contributed by atoms with Crippen molar-refractivity contribution in [1.82, 2.24) is 5.32 Å². The Labute approximate surface area is 116 Å². The summed E-state index contributed by atoms with van der Waals surface area (Å²) < 4.78 is 5.60. The van der Waals surface area contributed by atoms with E-state index in [0.717, 1.165) is 11.3 Å². The van der Waals surface area contributed by atoms with Crippen molar-refractivity contribution >= 4 is 11.9 Å². The van der Waals surface area contributed by atoms with Gasteiger partial charge in [-0.15, -0.1) is 0 Å². The first kappa shape index (κ1) is 12.7. The Bertz CT molecular complexity index is 556. The number of fused-ring (bicyclic) bond motifs is 1. The van der Waals surface area contributed by atoms with Crippen molar-refractivity contribution in [3.63, 3.8) is 0 Å². The van der Waals surface area contributed by atoms with Gasteiger partial charge in [-0.05, 0) is 18.1 Å². The lowest BCUT2D eigenvalue weighted by Crippen LogP contribution is -2.42. The second-order valence-electron chi connectivity index (χ2n) is 5.10. The van der Waals surface area contributed by atoms with E-state index in [2.05, 4.69) is 5.32 Å². The number of aliphatic carboxylic acids is 1. The predicted octanol–water partition coefficient (Wildman–Crippen LogP) is 1.14. The molecule has 5 heteroatoms. The Balaban J connectivity index is 1.57. The maximum atomic E-state index is 12.1. The normalized spacial score (nSPS) is 26.9. The van der Waals surface area contributed by atoms with Crippen LogP contribution in [0.2, 0.25) is 0 Å². The molecule has 0 radical (unpaired) electrons. The fourth-order valence-electron chi connectivity index (χ4n) is 2.59. The van der Waals surface area contributed by atoms with Gasteiger partial charge in [-0.1, -0.05) is 30.4 Å². The van der Waals surface area contributed by atoms with Crippen molar-refractivity contribution in [2.24, 2.45) is 5.92 Å². The third-order valence-electron chi connectivity index (χ3n) is 3.67. The van der Waals surface area contributed by atoms with E-state index in [1.807, 2.05) is 24.3 Å². The van der Waals surface area contributed by atoms with Gasteiger partial charge in [0.1, 0.15) is 5.75 Å². The second kappa shape index (κ2) is 5.00. The van der Waals surface area contributed by atoms with Crippen molar-refractivity contribution in [3.8, 4) is 5.75 Å². The first-order valence-corrected chi connectivity index (χ1v) is 6.59. The van der Waals surface area contributed by atoms with Gasteiger partial charge in [0.25, 0.3) is 5.91 Å². The lowest BCUT2D eigenvalue weighted by Gasteiger charge is -2.15. The highest BCUT2D eigenvalue weighted by atomic mass is 16.5. The van der Waals surface area contributed by atoms with Gasteiger partial charge in [0.15, 0.2) is 6.10 Å². The van der Waals surface area contributed by atoms with Crippen LogP contribution >= 0.6 is 0 Å². The van der Waals surface area contributed by atoms with E-state index >= 15 is 0 Å². The molecule has 1 aliphatic carbocycles. The number of carboxylic acids is 1. The number of amides is 1. The number of hydrogen-bond acceptors (Lipinski definition) is 3. The molecule has 1 aliphatic heterocycles. The number of carboxylic acid groups (broad SMARTS) is 1. The summed E-state index contributed by atoms with van der Waals surface area (Å²) in [6, 6.07) is 7.35. The molecule has 0 saturated carbocycles. The molecule has 2 N–H and O–H groups in total. The predicted molar refractivity (Wildman–Crippen MR) is 71.4 cm³/mol. The SMILES string of the molecule is O=C(O)C1C=CC(NC(=O)C2Cc3ccccc3O2)C1. The lowest BCUT2D eigenvalue weighted by atomic mass is 10.1. The van der Waals surface area contributed by atoms with E-state index in [1.54, 1.807) is 12.2 Å².